The summed E-state index contributed by atoms with van der Waals surface area (Å²) in [6.07, 6.45) is 0.670. The Hall–Kier alpha value is -3.89. The smallest absolute Gasteiger partial charge is 0.361 e. The lowest BCUT2D eigenvalue weighted by molar-refractivity contribution is -0.124. The predicted molar refractivity (Wildman–Crippen MR) is 117 cm³/mol. The third-order valence-electron chi connectivity index (χ3n) is 5.83. The second-order valence-corrected chi connectivity index (χ2v) is 7.93. The summed E-state index contributed by atoms with van der Waals surface area (Å²) in [4.78, 5) is 55.8. The Balaban J connectivity index is 1.63. The molecule has 11 nitrogen and oxygen atoms in total. The van der Waals surface area contributed by atoms with E-state index in [4.69, 9.17) is 9.47 Å². The lowest BCUT2D eigenvalue weighted by Crippen LogP contribution is -2.55. The fourth-order valence-corrected chi connectivity index (χ4v) is 4.02. The molecule has 1 aromatic carbocycles. The van der Waals surface area contributed by atoms with Gasteiger partial charge in [-0.2, -0.15) is 0 Å². The van der Waals surface area contributed by atoms with Gasteiger partial charge in [-0.3, -0.25) is 19.5 Å². The molecule has 0 atom stereocenters. The van der Waals surface area contributed by atoms with Gasteiger partial charge < -0.3 is 19.7 Å². The van der Waals surface area contributed by atoms with Crippen molar-refractivity contribution in [2.45, 2.75) is 31.9 Å². The van der Waals surface area contributed by atoms with E-state index in [1.165, 1.54) is 4.57 Å². The number of hydrogen-bond acceptors (Lipinski definition) is 8. The fraction of sp³-hybridized carbons (Fsp3) is 0.409. The van der Waals surface area contributed by atoms with E-state index in [0.29, 0.717) is 25.9 Å². The van der Waals surface area contributed by atoms with Gasteiger partial charge in [-0.25, -0.2) is 14.6 Å². The highest BCUT2D eigenvalue weighted by atomic mass is 16.5. The summed E-state index contributed by atoms with van der Waals surface area (Å²) in [7, 11) is 1.55. The molecule has 2 aliphatic rings. The number of carbonyl (C=O) groups excluding carboxylic acids is 3. The number of ether oxygens (including phenoxy) is 2. The summed E-state index contributed by atoms with van der Waals surface area (Å²) in [5, 5.41) is 4.96. The highest BCUT2D eigenvalue weighted by molar-refractivity contribution is 6.07. The Bertz CT molecular complexity index is 1140. The normalized spacial score (nSPS) is 17.0. The van der Waals surface area contributed by atoms with Crippen molar-refractivity contribution < 1.29 is 23.9 Å². The quantitative estimate of drug-likeness (QED) is 0.481. The van der Waals surface area contributed by atoms with Crippen LogP contribution in [0.3, 0.4) is 0 Å². The molecule has 174 valence electrons. The molecule has 0 aliphatic carbocycles. The molecule has 2 saturated heterocycles. The van der Waals surface area contributed by atoms with Crippen LogP contribution in [0.25, 0.3) is 0 Å². The van der Waals surface area contributed by atoms with Crippen molar-refractivity contribution in [3.8, 4) is 5.75 Å². The van der Waals surface area contributed by atoms with Crippen molar-refractivity contribution in [1.29, 1.82) is 0 Å². The van der Waals surface area contributed by atoms with Crippen LogP contribution >= 0.6 is 0 Å². The van der Waals surface area contributed by atoms with Crippen LogP contribution in [-0.4, -0.2) is 52.7 Å². The van der Waals surface area contributed by atoms with Crippen LogP contribution in [-0.2, 0) is 23.2 Å². The second-order valence-electron chi connectivity index (χ2n) is 7.93. The predicted octanol–water partition coefficient (Wildman–Crippen LogP) is 0.714. The van der Waals surface area contributed by atoms with Crippen LogP contribution in [0.2, 0.25) is 0 Å². The number of urea groups is 1. The van der Waals surface area contributed by atoms with Crippen molar-refractivity contribution in [2.75, 3.05) is 24.6 Å². The molecular weight excluding hydrogens is 430 g/mol. The number of benzene rings is 1. The van der Waals surface area contributed by atoms with Gasteiger partial charge in [0.25, 0.3) is 11.5 Å². The number of esters is 1. The number of anilines is 1. The summed E-state index contributed by atoms with van der Waals surface area (Å²) < 4.78 is 12.2. The molecular formula is C22H25N5O6. The average Bonchev–Trinajstić information content (AvgIpc) is 3.08. The van der Waals surface area contributed by atoms with E-state index in [1.807, 2.05) is 30.3 Å². The zero-order chi connectivity index (χ0) is 23.6. The van der Waals surface area contributed by atoms with Gasteiger partial charge in [-0.15, -0.1) is 0 Å². The number of amides is 3. The van der Waals surface area contributed by atoms with Gasteiger partial charge >= 0.3 is 12.0 Å². The van der Waals surface area contributed by atoms with Gasteiger partial charge in [0.1, 0.15) is 12.1 Å². The molecule has 1 spiro atoms. The molecule has 2 fully saturated rings. The minimum atomic E-state index is -0.963. The van der Waals surface area contributed by atoms with Crippen LogP contribution in [0, 0.1) is 0 Å². The van der Waals surface area contributed by atoms with Gasteiger partial charge in [0.2, 0.25) is 11.7 Å². The summed E-state index contributed by atoms with van der Waals surface area (Å²) >= 11 is 0. The number of piperidine rings is 1. The SMILES string of the molecule is CCOC(=O)c1nc(N2CCC3(CC2)NC(=O)NC3=O)n(C)c(=O)c1OCc1ccccc1. The monoisotopic (exact) mass is 455 g/mol. The van der Waals surface area contributed by atoms with Crippen LogP contribution < -0.4 is 25.8 Å². The number of nitrogens with zero attached hydrogens (tertiary/aromatic N) is 3. The third kappa shape index (κ3) is 4.26. The maximum Gasteiger partial charge on any atom is 0.361 e. The van der Waals surface area contributed by atoms with Crippen LogP contribution in [0.4, 0.5) is 10.7 Å². The summed E-state index contributed by atoms with van der Waals surface area (Å²) in [6.45, 7) is 2.56. The highest BCUT2D eigenvalue weighted by Crippen LogP contribution is 2.28. The Morgan fingerprint density at radius 1 is 1.15 bits per heavy atom. The number of aromatic nitrogens is 2. The first-order valence-electron chi connectivity index (χ1n) is 10.7. The standard InChI is InChI=1S/C22H25N5O6/c1-3-32-18(29)15-16(33-13-14-7-5-4-6-8-14)17(28)26(2)21(23-15)27-11-9-22(10-12-27)19(30)24-20(31)25-22/h4-8H,3,9-13H2,1-2H3,(H2,24,25,30,31). The number of imide groups is 1. The molecule has 2 aromatic rings. The summed E-state index contributed by atoms with van der Waals surface area (Å²) in [6, 6.07) is 8.74. The van der Waals surface area contributed by atoms with Crippen molar-refractivity contribution in [2.24, 2.45) is 7.05 Å². The summed E-state index contributed by atoms with van der Waals surface area (Å²) in [5.41, 5.74) is -0.851. The fourth-order valence-electron chi connectivity index (χ4n) is 4.02. The minimum absolute atomic E-state index is 0.0879. The first kappa shape index (κ1) is 22.3. The average molecular weight is 455 g/mol. The van der Waals surface area contributed by atoms with Gasteiger partial charge in [0.15, 0.2) is 5.69 Å². The zero-order valence-corrected chi connectivity index (χ0v) is 18.4. The molecule has 11 heteroatoms. The van der Waals surface area contributed by atoms with E-state index in [0.717, 1.165) is 5.56 Å². The molecule has 2 aliphatic heterocycles. The van der Waals surface area contributed by atoms with Gasteiger partial charge in [0, 0.05) is 20.1 Å². The van der Waals surface area contributed by atoms with E-state index in [9.17, 15) is 19.2 Å². The summed E-state index contributed by atoms with van der Waals surface area (Å²) in [5.74, 6) is -1.03. The molecule has 0 unspecified atom stereocenters. The first-order valence-corrected chi connectivity index (χ1v) is 10.7. The minimum Gasteiger partial charge on any atom is -0.481 e. The lowest BCUT2D eigenvalue weighted by atomic mass is 9.88. The molecule has 0 saturated carbocycles. The van der Waals surface area contributed by atoms with E-state index in [-0.39, 0.29) is 36.5 Å². The van der Waals surface area contributed by atoms with Gasteiger partial charge in [-0.1, -0.05) is 30.3 Å². The van der Waals surface area contributed by atoms with Crippen molar-refractivity contribution >= 4 is 23.9 Å². The first-order chi connectivity index (χ1) is 15.8. The molecule has 3 amide bonds. The molecule has 0 radical (unpaired) electrons. The highest BCUT2D eigenvalue weighted by Gasteiger charge is 2.48. The molecule has 4 rings (SSSR count). The number of carbonyl (C=O) groups is 3. The van der Waals surface area contributed by atoms with Crippen LogP contribution in [0.15, 0.2) is 35.1 Å². The van der Waals surface area contributed by atoms with Crippen molar-refractivity contribution in [1.82, 2.24) is 20.2 Å². The molecule has 0 bridgehead atoms. The van der Waals surface area contributed by atoms with Crippen molar-refractivity contribution in [3.63, 3.8) is 0 Å². The van der Waals surface area contributed by atoms with E-state index in [1.54, 1.807) is 18.9 Å². The second kappa shape index (κ2) is 8.93. The van der Waals surface area contributed by atoms with Gasteiger partial charge in [-0.05, 0) is 25.3 Å². The van der Waals surface area contributed by atoms with Crippen molar-refractivity contribution in [3.05, 3.63) is 51.9 Å². The lowest BCUT2D eigenvalue weighted by Gasteiger charge is -2.37. The largest absolute Gasteiger partial charge is 0.481 e. The van der Waals surface area contributed by atoms with E-state index < -0.39 is 23.1 Å². The Morgan fingerprint density at radius 3 is 2.45 bits per heavy atom. The number of hydrogen-bond donors (Lipinski definition) is 2. The molecule has 1 aromatic heterocycles. The Labute approximate surface area is 189 Å². The van der Waals surface area contributed by atoms with E-state index in [2.05, 4.69) is 15.6 Å². The third-order valence-corrected chi connectivity index (χ3v) is 5.83. The topological polar surface area (TPSA) is 132 Å². The van der Waals surface area contributed by atoms with E-state index >= 15 is 0 Å². The van der Waals surface area contributed by atoms with Crippen LogP contribution in [0.1, 0.15) is 35.8 Å². The molecule has 2 N–H and O–H groups in total. The Kier molecular flexibility index (Phi) is 6.03. The van der Waals surface area contributed by atoms with Gasteiger partial charge in [0.05, 0.1) is 6.61 Å². The number of nitrogens with one attached hydrogen (secondary N) is 2. The van der Waals surface area contributed by atoms with Crippen LogP contribution in [0.5, 0.6) is 5.75 Å². The molecule has 3 heterocycles. The maximum absolute atomic E-state index is 13.2. The zero-order valence-electron chi connectivity index (χ0n) is 18.4. The maximum atomic E-state index is 13.2. The number of rotatable bonds is 6. The molecule has 33 heavy (non-hydrogen) atoms. The Morgan fingerprint density at radius 2 is 1.85 bits per heavy atom.